The molecule has 26 heavy (non-hydrogen) atoms. The van der Waals surface area contributed by atoms with Crippen molar-refractivity contribution in [2.24, 2.45) is 0 Å². The van der Waals surface area contributed by atoms with Crippen LogP contribution in [0.25, 0.3) is 11.0 Å². The number of carbonyl (C=O) groups is 1. The minimum absolute atomic E-state index is 0.246. The lowest BCUT2D eigenvalue weighted by atomic mass is 10.2. The van der Waals surface area contributed by atoms with Gasteiger partial charge in [0.15, 0.2) is 5.52 Å². The Morgan fingerprint density at radius 2 is 1.88 bits per heavy atom. The van der Waals surface area contributed by atoms with Crippen LogP contribution in [0, 0.1) is 10.1 Å². The van der Waals surface area contributed by atoms with Crippen LogP contribution in [0.2, 0.25) is 0 Å². The molecule has 0 spiro atoms. The molecular weight excluding hydrogens is 411 g/mol. The van der Waals surface area contributed by atoms with E-state index in [2.05, 4.69) is 4.98 Å². The molecule has 1 amide bonds. The summed E-state index contributed by atoms with van der Waals surface area (Å²) in [6.45, 7) is 0. The maximum absolute atomic E-state index is 13.6. The van der Waals surface area contributed by atoms with Crippen molar-refractivity contribution in [3.05, 3.63) is 28.1 Å². The van der Waals surface area contributed by atoms with Crippen LogP contribution in [-0.4, -0.2) is 45.0 Å². The molecule has 7 nitrogen and oxygen atoms in total. The predicted molar refractivity (Wildman–Crippen MR) is 82.5 cm³/mol. The Morgan fingerprint density at radius 1 is 1.31 bits per heavy atom. The van der Waals surface area contributed by atoms with Crippen LogP contribution in [0.4, 0.5) is 32.4 Å². The van der Waals surface area contributed by atoms with Crippen molar-refractivity contribution in [3.8, 4) is 0 Å². The maximum atomic E-state index is 13.6. The lowest BCUT2D eigenvalue weighted by Gasteiger charge is -2.16. The summed E-state index contributed by atoms with van der Waals surface area (Å²) in [7, 11) is 2.38. The fraction of sp³-hybridized carbons (Fsp3) is 0.333. The fourth-order valence-electron chi connectivity index (χ4n) is 2.05. The predicted octanol–water partition coefficient (Wildman–Crippen LogP) is 4.37. The third-order valence-electron chi connectivity index (χ3n) is 2.97. The van der Waals surface area contributed by atoms with Gasteiger partial charge in [-0.15, -0.1) is 0 Å². The molecule has 142 valence electrons. The molecule has 1 aromatic carbocycles. The molecule has 2 aromatic rings. The SMILES string of the molecule is CN(C)C(=O)n1c(C(F)(F)Cl)nc2c([N+](=O)[O-])cc(SC(F)(F)F)cc21. The topological polar surface area (TPSA) is 81.3 Å². The van der Waals surface area contributed by atoms with Crippen molar-refractivity contribution < 1.29 is 31.7 Å². The normalized spacial score (nSPS) is 12.5. The summed E-state index contributed by atoms with van der Waals surface area (Å²) >= 11 is 4.22. The van der Waals surface area contributed by atoms with Gasteiger partial charge in [-0.2, -0.15) is 22.0 Å². The van der Waals surface area contributed by atoms with Crippen LogP contribution in [0.5, 0.6) is 0 Å². The summed E-state index contributed by atoms with van der Waals surface area (Å²) in [5.41, 5.74) is -7.05. The zero-order chi connectivity index (χ0) is 20.0. The number of fused-ring (bicyclic) bond motifs is 1. The lowest BCUT2D eigenvalue weighted by molar-refractivity contribution is -0.383. The summed E-state index contributed by atoms with van der Waals surface area (Å²) in [4.78, 5) is 25.8. The van der Waals surface area contributed by atoms with Gasteiger partial charge in [0.25, 0.3) is 5.69 Å². The number of imidazole rings is 1. The number of nitro benzene ring substituents is 1. The molecule has 0 fully saturated rings. The molecule has 1 aromatic heterocycles. The minimum Gasteiger partial charge on any atom is -0.330 e. The van der Waals surface area contributed by atoms with E-state index in [1.807, 2.05) is 0 Å². The quantitative estimate of drug-likeness (QED) is 0.243. The van der Waals surface area contributed by atoms with E-state index in [0.29, 0.717) is 12.1 Å². The van der Waals surface area contributed by atoms with Crippen molar-refractivity contribution in [1.29, 1.82) is 0 Å². The van der Waals surface area contributed by atoms with Gasteiger partial charge in [0, 0.05) is 25.1 Å². The highest BCUT2D eigenvalue weighted by Crippen LogP contribution is 2.42. The highest BCUT2D eigenvalue weighted by atomic mass is 35.5. The number of hydrogen-bond acceptors (Lipinski definition) is 5. The van der Waals surface area contributed by atoms with Gasteiger partial charge in [0.05, 0.1) is 10.4 Å². The van der Waals surface area contributed by atoms with Crippen molar-refractivity contribution in [1.82, 2.24) is 14.5 Å². The summed E-state index contributed by atoms with van der Waals surface area (Å²) in [6.07, 6.45) is 0. The third kappa shape index (κ3) is 3.98. The Morgan fingerprint density at radius 3 is 2.31 bits per heavy atom. The van der Waals surface area contributed by atoms with E-state index in [1.54, 1.807) is 0 Å². The van der Waals surface area contributed by atoms with Gasteiger partial charge in [0.2, 0.25) is 5.82 Å². The Labute approximate surface area is 150 Å². The van der Waals surface area contributed by atoms with E-state index in [1.165, 1.54) is 14.1 Å². The van der Waals surface area contributed by atoms with Crippen LogP contribution < -0.4 is 0 Å². The van der Waals surface area contributed by atoms with Crippen LogP contribution in [0.3, 0.4) is 0 Å². The van der Waals surface area contributed by atoms with E-state index >= 15 is 0 Å². The van der Waals surface area contributed by atoms with Gasteiger partial charge in [-0.05, 0) is 29.4 Å². The number of halogens is 6. The smallest absolute Gasteiger partial charge is 0.330 e. The molecule has 0 aliphatic carbocycles. The Balaban J connectivity index is 2.92. The maximum Gasteiger partial charge on any atom is 0.446 e. The summed E-state index contributed by atoms with van der Waals surface area (Å²) in [5, 5.41) is 6.96. The average Bonchev–Trinajstić information content (AvgIpc) is 2.82. The van der Waals surface area contributed by atoms with Crippen LogP contribution in [0.15, 0.2) is 17.0 Å². The molecule has 0 atom stereocenters. The molecule has 0 N–H and O–H groups in total. The molecule has 0 aliphatic rings. The first-order valence-electron chi connectivity index (χ1n) is 6.48. The van der Waals surface area contributed by atoms with Crippen molar-refractivity contribution in [2.75, 3.05) is 14.1 Å². The molecule has 0 unspecified atom stereocenters. The van der Waals surface area contributed by atoms with E-state index < -0.39 is 61.0 Å². The van der Waals surface area contributed by atoms with E-state index in [0.717, 1.165) is 4.90 Å². The van der Waals surface area contributed by atoms with Crippen molar-refractivity contribution in [2.45, 2.75) is 15.8 Å². The number of amides is 1. The average molecular weight is 419 g/mol. The van der Waals surface area contributed by atoms with Crippen LogP contribution >= 0.6 is 23.4 Å². The Kier molecular flexibility index (Phi) is 5.07. The summed E-state index contributed by atoms with van der Waals surface area (Å²) < 4.78 is 65.4. The highest BCUT2D eigenvalue weighted by molar-refractivity contribution is 8.00. The molecule has 14 heteroatoms. The summed E-state index contributed by atoms with van der Waals surface area (Å²) in [6, 6.07) is 0.126. The van der Waals surface area contributed by atoms with Crippen LogP contribution in [0.1, 0.15) is 5.82 Å². The number of non-ortho nitro benzene ring substituents is 1. The largest absolute Gasteiger partial charge is 0.446 e. The van der Waals surface area contributed by atoms with Crippen molar-refractivity contribution >= 4 is 46.1 Å². The summed E-state index contributed by atoms with van der Waals surface area (Å²) in [5.74, 6) is -1.34. The van der Waals surface area contributed by atoms with E-state index in [4.69, 9.17) is 11.6 Å². The third-order valence-corrected chi connectivity index (χ3v) is 3.84. The fourth-order valence-corrected chi connectivity index (χ4v) is 2.78. The molecule has 1 heterocycles. The van der Waals surface area contributed by atoms with Gasteiger partial charge in [0.1, 0.15) is 0 Å². The van der Waals surface area contributed by atoms with Gasteiger partial charge < -0.3 is 4.90 Å². The van der Waals surface area contributed by atoms with Crippen LogP contribution in [-0.2, 0) is 5.38 Å². The second kappa shape index (κ2) is 6.54. The van der Waals surface area contributed by atoms with E-state index in [-0.39, 0.29) is 4.57 Å². The number of aromatic nitrogens is 2. The molecule has 0 radical (unpaired) electrons. The Hall–Kier alpha value is -2.15. The molecule has 0 saturated carbocycles. The number of hydrogen-bond donors (Lipinski definition) is 0. The number of carbonyl (C=O) groups excluding carboxylic acids is 1. The second-order valence-electron chi connectivity index (χ2n) is 5.06. The number of benzene rings is 1. The Bertz CT molecular complexity index is 894. The number of rotatable bonds is 3. The first-order chi connectivity index (χ1) is 11.7. The first-order valence-corrected chi connectivity index (χ1v) is 7.67. The number of nitrogens with zero attached hydrogens (tertiary/aromatic N) is 4. The van der Waals surface area contributed by atoms with Crippen molar-refractivity contribution in [3.63, 3.8) is 0 Å². The molecule has 0 aliphatic heterocycles. The number of thioether (sulfide) groups is 1. The minimum atomic E-state index is -4.79. The number of nitro groups is 1. The number of alkyl halides is 6. The second-order valence-corrected chi connectivity index (χ2v) is 6.67. The zero-order valence-electron chi connectivity index (χ0n) is 12.8. The monoisotopic (exact) mass is 418 g/mol. The van der Waals surface area contributed by atoms with Gasteiger partial charge in [-0.25, -0.2) is 14.3 Å². The molecular formula is C12H8ClF5N4O3S. The highest BCUT2D eigenvalue weighted by Gasteiger charge is 2.40. The van der Waals surface area contributed by atoms with Gasteiger partial charge in [-0.1, -0.05) is 0 Å². The van der Waals surface area contributed by atoms with Gasteiger partial charge >= 0.3 is 16.9 Å². The molecule has 0 saturated heterocycles. The lowest BCUT2D eigenvalue weighted by Crippen LogP contribution is -2.30. The zero-order valence-corrected chi connectivity index (χ0v) is 14.4. The standard InChI is InChI=1S/C12H8ClF5N4O3S/c1-20(2)10(23)21-6-3-5(26-12(16,17)18)4-7(22(24)25)8(6)19-9(21)11(13,14)15/h3-4H,1-2H3. The molecule has 0 bridgehead atoms. The van der Waals surface area contributed by atoms with Gasteiger partial charge in [-0.3, -0.25) is 10.1 Å². The van der Waals surface area contributed by atoms with E-state index in [9.17, 15) is 36.9 Å². The molecule has 2 rings (SSSR count). The first kappa shape index (κ1) is 20.2.